The van der Waals surface area contributed by atoms with Crippen LogP contribution < -0.4 is 0 Å². The zero-order chi connectivity index (χ0) is 29.8. The Morgan fingerprint density at radius 1 is 0.925 bits per heavy atom. The van der Waals surface area contributed by atoms with Crippen molar-refractivity contribution >= 4 is 27.7 Å². The zero-order valence-corrected chi connectivity index (χ0v) is 20.8. The maximum atomic E-state index is 13.9. The minimum Gasteiger partial charge on any atom is -0.271 e. The van der Waals surface area contributed by atoms with Crippen molar-refractivity contribution in [1.29, 1.82) is 0 Å². The molecule has 1 spiro atoms. The summed E-state index contributed by atoms with van der Waals surface area (Å²) >= 11 is 0. The van der Waals surface area contributed by atoms with Crippen molar-refractivity contribution in [2.24, 2.45) is 16.7 Å². The smallest absolute Gasteiger partial charge is 0.271 e. The molecule has 4 aliphatic rings. The number of fused-ring (bicyclic) bond motifs is 2. The Morgan fingerprint density at radius 2 is 1.43 bits per heavy atom. The van der Waals surface area contributed by atoms with E-state index in [-0.39, 0.29) is 29.5 Å². The van der Waals surface area contributed by atoms with E-state index in [4.69, 9.17) is 0 Å². The largest absolute Gasteiger partial charge is 0.412 e. The van der Waals surface area contributed by atoms with Crippen molar-refractivity contribution in [2.75, 3.05) is 5.75 Å². The number of alkyl halides is 9. The molecule has 2 saturated carbocycles. The average molecular weight is 606 g/mol. The molecule has 1 aromatic carbocycles. The predicted molar refractivity (Wildman–Crippen MR) is 115 cm³/mol. The summed E-state index contributed by atoms with van der Waals surface area (Å²) in [4.78, 5) is 39.5. The van der Waals surface area contributed by atoms with Crippen LogP contribution in [-0.2, 0) is 14.8 Å². The van der Waals surface area contributed by atoms with E-state index in [1.807, 2.05) is 0 Å². The molecule has 4 atom stereocenters. The summed E-state index contributed by atoms with van der Waals surface area (Å²) in [6, 6.07) is -0.419. The number of amides is 3. The van der Waals surface area contributed by atoms with Crippen molar-refractivity contribution < 1.29 is 62.3 Å². The quantitative estimate of drug-likeness (QED) is 0.374. The molecule has 3 fully saturated rings. The number of imide groups is 1. The number of benzene rings is 1. The van der Waals surface area contributed by atoms with E-state index in [0.717, 1.165) is 12.1 Å². The molecule has 5 rings (SSSR count). The van der Waals surface area contributed by atoms with Crippen molar-refractivity contribution in [3.63, 3.8) is 0 Å². The molecule has 3 amide bonds. The van der Waals surface area contributed by atoms with Crippen molar-refractivity contribution in [1.82, 2.24) is 9.21 Å². The summed E-state index contributed by atoms with van der Waals surface area (Å²) in [7, 11) is -4.74. The summed E-state index contributed by atoms with van der Waals surface area (Å²) in [6.45, 7) is 0. The van der Waals surface area contributed by atoms with Crippen molar-refractivity contribution in [3.8, 4) is 0 Å². The van der Waals surface area contributed by atoms with Crippen LogP contribution in [0, 0.1) is 16.7 Å². The number of rotatable bonds is 4. The first-order chi connectivity index (χ1) is 18.2. The Hall–Kier alpha value is -2.85. The van der Waals surface area contributed by atoms with E-state index in [2.05, 4.69) is 0 Å². The summed E-state index contributed by atoms with van der Waals surface area (Å²) in [5, 5.41) is 0. The molecule has 2 heterocycles. The van der Waals surface area contributed by atoms with Crippen LogP contribution in [-0.4, -0.2) is 71.7 Å². The van der Waals surface area contributed by atoms with E-state index in [9.17, 15) is 62.3 Å². The fourth-order valence-electron chi connectivity index (χ4n) is 6.88. The third-order valence-electron chi connectivity index (χ3n) is 8.65. The fraction of sp³-hybridized carbons (Fsp3) is 0.609. The first-order valence-corrected chi connectivity index (χ1v) is 13.5. The molecule has 4 unspecified atom stereocenters. The lowest BCUT2D eigenvalue weighted by Crippen LogP contribution is -2.64. The summed E-state index contributed by atoms with van der Waals surface area (Å²) < 4.78 is 152. The van der Waals surface area contributed by atoms with Gasteiger partial charge in [-0.3, -0.25) is 19.3 Å². The van der Waals surface area contributed by atoms with E-state index < -0.39 is 97.4 Å². The van der Waals surface area contributed by atoms with Gasteiger partial charge in [0.05, 0.1) is 22.9 Å². The molecule has 2 aliphatic carbocycles. The first kappa shape index (κ1) is 28.7. The lowest BCUT2D eigenvalue weighted by molar-refractivity contribution is -0.430. The Labute approximate surface area is 220 Å². The predicted octanol–water partition coefficient (Wildman–Crippen LogP) is 4.45. The van der Waals surface area contributed by atoms with Crippen LogP contribution in [0.1, 0.15) is 52.8 Å². The van der Waals surface area contributed by atoms with Crippen LogP contribution in [0.25, 0.3) is 0 Å². The molecule has 0 N–H and O–H groups in total. The van der Waals surface area contributed by atoms with E-state index in [0.29, 0.717) is 6.42 Å². The van der Waals surface area contributed by atoms with Crippen LogP contribution in [0.15, 0.2) is 24.3 Å². The third-order valence-corrected chi connectivity index (χ3v) is 10.6. The van der Waals surface area contributed by atoms with Crippen molar-refractivity contribution in [3.05, 3.63) is 35.4 Å². The van der Waals surface area contributed by atoms with Gasteiger partial charge >= 0.3 is 18.5 Å². The normalized spacial score (nSPS) is 28.7. The van der Waals surface area contributed by atoms with Gasteiger partial charge in [-0.25, -0.2) is 12.7 Å². The lowest BCUT2D eigenvalue weighted by atomic mass is 9.77. The summed E-state index contributed by atoms with van der Waals surface area (Å²) in [5.74, 6) is -6.18. The molecular formula is C23H19F9N2O5S. The van der Waals surface area contributed by atoms with Gasteiger partial charge in [0.15, 0.2) is 0 Å². The van der Waals surface area contributed by atoms with Gasteiger partial charge < -0.3 is 0 Å². The Morgan fingerprint density at radius 3 is 1.88 bits per heavy atom. The van der Waals surface area contributed by atoms with Crippen LogP contribution in [0.3, 0.4) is 0 Å². The second-order valence-electron chi connectivity index (χ2n) is 10.8. The summed E-state index contributed by atoms with van der Waals surface area (Å²) in [6.07, 6.45) is -23.4. The molecule has 0 aromatic heterocycles. The van der Waals surface area contributed by atoms with Gasteiger partial charge in [0.1, 0.15) is 6.04 Å². The second-order valence-corrected chi connectivity index (χ2v) is 12.6. The van der Waals surface area contributed by atoms with Crippen LogP contribution in [0.4, 0.5) is 39.5 Å². The van der Waals surface area contributed by atoms with Crippen LogP contribution in [0.2, 0.25) is 0 Å². The van der Waals surface area contributed by atoms with E-state index in [1.165, 1.54) is 12.1 Å². The number of hydrogen-bond acceptors (Lipinski definition) is 5. The molecule has 17 heteroatoms. The number of carbonyl (C=O) groups is 3. The standard InChI is InChI=1S/C23H19F9N2O5S/c24-21(25,26)20(22(27,28)29,23(30,31)32)9-14(33-16(35)12-3-1-2-4-13(12)17(33)36)18(37)34-15-7-11-5-6-19(15,8-11)10-40(34,38)39/h1-4,11,14-15H,5-10H2. The monoisotopic (exact) mass is 606 g/mol. The fourth-order valence-corrected chi connectivity index (χ4v) is 9.29. The molecule has 2 aliphatic heterocycles. The van der Waals surface area contributed by atoms with Gasteiger partial charge in [0.2, 0.25) is 10.0 Å². The maximum absolute atomic E-state index is 13.9. The molecular weight excluding hydrogens is 587 g/mol. The van der Waals surface area contributed by atoms with Crippen LogP contribution in [0.5, 0.6) is 0 Å². The second kappa shape index (κ2) is 8.35. The highest BCUT2D eigenvalue weighted by atomic mass is 32.2. The lowest BCUT2D eigenvalue weighted by Gasteiger charge is -2.42. The zero-order valence-electron chi connectivity index (χ0n) is 20.0. The van der Waals surface area contributed by atoms with Gasteiger partial charge in [-0.2, -0.15) is 39.5 Å². The minimum atomic E-state index is -7.11. The number of carbonyl (C=O) groups excluding carboxylic acids is 3. The highest BCUT2D eigenvalue weighted by molar-refractivity contribution is 7.90. The van der Waals surface area contributed by atoms with Gasteiger partial charge in [-0.05, 0) is 43.7 Å². The van der Waals surface area contributed by atoms with E-state index >= 15 is 0 Å². The van der Waals surface area contributed by atoms with Gasteiger partial charge in [0.25, 0.3) is 23.1 Å². The number of sulfonamides is 1. The van der Waals surface area contributed by atoms with Gasteiger partial charge in [-0.15, -0.1) is 0 Å². The topological polar surface area (TPSA) is 91.8 Å². The number of nitrogens with zero attached hydrogens (tertiary/aromatic N) is 2. The highest BCUT2D eigenvalue weighted by Crippen LogP contribution is 2.64. The average Bonchev–Trinajstić information content (AvgIpc) is 3.47. The van der Waals surface area contributed by atoms with Gasteiger partial charge in [-0.1, -0.05) is 12.1 Å². The SMILES string of the molecule is O=C1c2ccccc2C(=O)N1C(CC(C(F)(F)F)(C(F)(F)F)C(F)(F)F)C(=O)N1C2CC3CCC2(C3)CS1(=O)=O. The Kier molecular flexibility index (Phi) is 5.98. The van der Waals surface area contributed by atoms with Crippen LogP contribution >= 0.6 is 0 Å². The first-order valence-electron chi connectivity index (χ1n) is 11.9. The molecule has 0 radical (unpaired) electrons. The maximum Gasteiger partial charge on any atom is 0.412 e. The van der Waals surface area contributed by atoms with Crippen molar-refractivity contribution in [2.45, 2.75) is 62.7 Å². The Balaban J connectivity index is 1.69. The molecule has 7 nitrogen and oxygen atoms in total. The molecule has 1 saturated heterocycles. The highest BCUT2D eigenvalue weighted by Gasteiger charge is 2.84. The molecule has 40 heavy (non-hydrogen) atoms. The molecule has 220 valence electrons. The number of halogens is 9. The van der Waals surface area contributed by atoms with Gasteiger partial charge in [0, 0.05) is 11.8 Å². The molecule has 2 bridgehead atoms. The Bertz CT molecular complexity index is 1330. The summed E-state index contributed by atoms with van der Waals surface area (Å²) in [5.41, 5.74) is -8.82. The molecule has 1 aromatic rings. The number of hydrogen-bond donors (Lipinski definition) is 0. The van der Waals surface area contributed by atoms with E-state index in [1.54, 1.807) is 0 Å². The minimum absolute atomic E-state index is 0.00274. The third kappa shape index (κ3) is 3.71.